The van der Waals surface area contributed by atoms with Crippen LogP contribution in [0.1, 0.15) is 6.92 Å². The highest BCUT2D eigenvalue weighted by Crippen LogP contribution is 2.56. The maximum absolute atomic E-state index is 11.7. The second-order valence-corrected chi connectivity index (χ2v) is 8.20. The monoisotopic (exact) mass is 373 g/mol. The van der Waals surface area contributed by atoms with Gasteiger partial charge >= 0.3 is 0 Å². The fourth-order valence-corrected chi connectivity index (χ4v) is 4.13. The minimum Gasteiger partial charge on any atom is -0.290 e. The van der Waals surface area contributed by atoms with Crippen LogP contribution in [0.5, 0.6) is 0 Å². The number of fused-ring (bicyclic) bond motifs is 1. The first-order valence-electron chi connectivity index (χ1n) is 4.09. The summed E-state index contributed by atoms with van der Waals surface area (Å²) in [6.07, 6.45) is 0. The van der Waals surface area contributed by atoms with Crippen molar-refractivity contribution >= 4 is 66.2 Å². The highest BCUT2D eigenvalue weighted by atomic mass is 79.9. The molecule has 2 saturated heterocycles. The van der Waals surface area contributed by atoms with Gasteiger partial charge in [0.1, 0.15) is 5.37 Å². The number of hydrogen-bond acceptors (Lipinski definition) is 3. The fourth-order valence-electron chi connectivity index (χ4n) is 1.51. The van der Waals surface area contributed by atoms with Crippen LogP contribution in [0.4, 0.5) is 0 Å². The number of halogens is 3. The first-order chi connectivity index (χ1) is 6.91. The van der Waals surface area contributed by atoms with Crippen LogP contribution < -0.4 is 0 Å². The zero-order valence-electron chi connectivity index (χ0n) is 7.59. The van der Waals surface area contributed by atoms with E-state index < -0.39 is 3.23 Å². The Kier molecular flexibility index (Phi) is 2.99. The Morgan fingerprint density at radius 1 is 1.60 bits per heavy atom. The summed E-state index contributed by atoms with van der Waals surface area (Å²) in [5.74, 6) is 0.112. The van der Waals surface area contributed by atoms with Gasteiger partial charge in [0.25, 0.3) is 5.91 Å². The van der Waals surface area contributed by atoms with Gasteiger partial charge in [0.2, 0.25) is 5.12 Å². The van der Waals surface area contributed by atoms with Crippen LogP contribution in [0.2, 0.25) is 0 Å². The average Bonchev–Trinajstić information content (AvgIpc) is 2.53. The van der Waals surface area contributed by atoms with Gasteiger partial charge in [0.15, 0.2) is 3.23 Å². The Labute approximate surface area is 113 Å². The van der Waals surface area contributed by atoms with Gasteiger partial charge in [0, 0.05) is 5.88 Å². The van der Waals surface area contributed by atoms with E-state index in [-0.39, 0.29) is 22.3 Å². The number of nitrogens with zero attached hydrogens (tertiary/aromatic N) is 1. The fraction of sp³-hybridized carbons (Fsp3) is 0.500. The number of rotatable bonds is 1. The summed E-state index contributed by atoms with van der Waals surface area (Å²) >= 11 is 13.3. The van der Waals surface area contributed by atoms with Gasteiger partial charge in [-0.2, -0.15) is 0 Å². The molecule has 0 aliphatic carbocycles. The third-order valence-corrected chi connectivity index (χ3v) is 6.05. The molecule has 15 heavy (non-hydrogen) atoms. The minimum atomic E-state index is -0.797. The molecule has 2 rings (SSSR count). The van der Waals surface area contributed by atoms with Crippen molar-refractivity contribution in [1.82, 2.24) is 4.90 Å². The second-order valence-electron chi connectivity index (χ2n) is 3.32. The van der Waals surface area contributed by atoms with Crippen molar-refractivity contribution in [3.63, 3.8) is 0 Å². The number of thioether (sulfide) groups is 1. The number of allylic oxidation sites excluding steroid dienone is 1. The van der Waals surface area contributed by atoms with Crippen molar-refractivity contribution in [3.05, 3.63) is 11.3 Å². The Hall–Kier alpha value is 0.480. The maximum Gasteiger partial charge on any atom is 0.259 e. The van der Waals surface area contributed by atoms with E-state index in [9.17, 15) is 9.59 Å². The maximum atomic E-state index is 11.7. The predicted molar refractivity (Wildman–Crippen MR) is 67.2 cm³/mol. The zero-order valence-corrected chi connectivity index (χ0v) is 12.3. The molecule has 7 heteroatoms. The van der Waals surface area contributed by atoms with Gasteiger partial charge in [-0.15, -0.1) is 11.6 Å². The van der Waals surface area contributed by atoms with E-state index in [1.807, 2.05) is 0 Å². The average molecular weight is 375 g/mol. The zero-order chi connectivity index (χ0) is 11.4. The first kappa shape index (κ1) is 12.0. The summed E-state index contributed by atoms with van der Waals surface area (Å²) < 4.78 is -0.797. The molecule has 3 nitrogen and oxygen atoms in total. The number of alkyl halides is 3. The van der Waals surface area contributed by atoms with E-state index in [0.717, 1.165) is 17.3 Å². The van der Waals surface area contributed by atoms with Gasteiger partial charge in [-0.05, 0) is 12.5 Å². The van der Waals surface area contributed by atoms with E-state index in [1.165, 1.54) is 4.90 Å². The quantitative estimate of drug-likeness (QED) is 0.401. The molecule has 0 aromatic rings. The summed E-state index contributed by atoms with van der Waals surface area (Å²) in [6, 6.07) is 0. The van der Waals surface area contributed by atoms with Crippen LogP contribution in [0, 0.1) is 0 Å². The smallest absolute Gasteiger partial charge is 0.259 e. The highest BCUT2D eigenvalue weighted by Gasteiger charge is 2.65. The lowest BCUT2D eigenvalue weighted by molar-refractivity contribution is -0.138. The third-order valence-electron chi connectivity index (χ3n) is 2.31. The second kappa shape index (κ2) is 3.75. The molecular formula is C8H6Br2ClNO2S. The first-order valence-corrected chi connectivity index (χ1v) is 7.09. The number of hydrogen-bond donors (Lipinski definition) is 0. The summed E-state index contributed by atoms with van der Waals surface area (Å²) in [4.78, 5) is 24.9. The number of carbonyl (C=O) groups is 2. The Morgan fingerprint density at radius 3 is 2.73 bits per heavy atom. The van der Waals surface area contributed by atoms with Crippen LogP contribution in [0.3, 0.4) is 0 Å². The molecule has 0 spiro atoms. The van der Waals surface area contributed by atoms with Crippen molar-refractivity contribution in [1.29, 1.82) is 0 Å². The van der Waals surface area contributed by atoms with E-state index in [0.29, 0.717) is 5.70 Å². The highest BCUT2D eigenvalue weighted by molar-refractivity contribution is 9.26. The standard InChI is InChI=1S/C8H6Br2ClNO2S/c1-3(2-11)4-5(13)15-7-8(9,10)6(14)12(4)7/h7H,2H2,1H3/b4-3-. The van der Waals surface area contributed by atoms with Crippen LogP contribution in [-0.2, 0) is 9.59 Å². The number of β-lactam (4-membered cyclic amide) rings is 1. The van der Waals surface area contributed by atoms with E-state index in [2.05, 4.69) is 31.9 Å². The molecule has 0 N–H and O–H groups in total. The SMILES string of the molecule is C/C(CCl)=C1\C(=O)SC2N1C(=O)C2(Br)Br. The number of carbonyl (C=O) groups excluding carboxylic acids is 2. The largest absolute Gasteiger partial charge is 0.290 e. The van der Waals surface area contributed by atoms with Crippen molar-refractivity contribution < 1.29 is 9.59 Å². The van der Waals surface area contributed by atoms with Crippen molar-refractivity contribution in [2.24, 2.45) is 0 Å². The Bertz CT molecular complexity index is 396. The molecule has 0 saturated carbocycles. The van der Waals surface area contributed by atoms with Crippen LogP contribution in [0.25, 0.3) is 0 Å². The lowest BCUT2D eigenvalue weighted by Gasteiger charge is -2.44. The Balaban J connectivity index is 2.41. The lowest BCUT2D eigenvalue weighted by Crippen LogP contribution is -2.63. The molecule has 0 radical (unpaired) electrons. The minimum absolute atomic E-state index is 0.0905. The molecular weight excluding hydrogens is 369 g/mol. The summed E-state index contributed by atoms with van der Waals surface area (Å²) in [7, 11) is 0. The van der Waals surface area contributed by atoms with E-state index >= 15 is 0 Å². The molecule has 2 aliphatic rings. The summed E-state index contributed by atoms with van der Waals surface area (Å²) in [6.45, 7) is 1.76. The van der Waals surface area contributed by atoms with Crippen LogP contribution in [-0.4, -0.2) is 30.4 Å². The molecule has 0 aromatic carbocycles. The molecule has 2 fully saturated rings. The van der Waals surface area contributed by atoms with Crippen molar-refractivity contribution in [2.75, 3.05) is 5.88 Å². The molecule has 82 valence electrons. The van der Waals surface area contributed by atoms with Gasteiger partial charge in [-0.3, -0.25) is 14.5 Å². The number of amides is 1. The molecule has 0 bridgehead atoms. The topological polar surface area (TPSA) is 37.4 Å². The van der Waals surface area contributed by atoms with E-state index in [1.54, 1.807) is 6.92 Å². The molecule has 1 atom stereocenters. The molecule has 2 aliphatic heterocycles. The van der Waals surface area contributed by atoms with E-state index in [4.69, 9.17) is 11.6 Å². The van der Waals surface area contributed by atoms with Gasteiger partial charge in [-0.1, -0.05) is 43.6 Å². The molecule has 1 unspecified atom stereocenters. The lowest BCUT2D eigenvalue weighted by atomic mass is 10.1. The molecule has 0 aromatic heterocycles. The van der Waals surface area contributed by atoms with Crippen molar-refractivity contribution in [3.8, 4) is 0 Å². The normalized spacial score (nSPS) is 31.5. The van der Waals surface area contributed by atoms with Crippen molar-refractivity contribution in [2.45, 2.75) is 15.5 Å². The Morgan fingerprint density at radius 2 is 2.20 bits per heavy atom. The molecule has 2 heterocycles. The van der Waals surface area contributed by atoms with Gasteiger partial charge in [-0.25, -0.2) is 0 Å². The predicted octanol–water partition coefficient (Wildman–Crippen LogP) is 2.43. The molecule has 1 amide bonds. The van der Waals surface area contributed by atoms with Gasteiger partial charge in [0.05, 0.1) is 5.70 Å². The van der Waals surface area contributed by atoms with Gasteiger partial charge < -0.3 is 0 Å². The summed E-state index contributed by atoms with van der Waals surface area (Å²) in [5.41, 5.74) is 1.18. The van der Waals surface area contributed by atoms with Crippen LogP contribution in [0.15, 0.2) is 11.3 Å². The third kappa shape index (κ3) is 1.52. The summed E-state index contributed by atoms with van der Waals surface area (Å²) in [5, 5.41) is -0.294. The van der Waals surface area contributed by atoms with Crippen LogP contribution >= 0.6 is 55.2 Å².